The van der Waals surface area contributed by atoms with Crippen LogP contribution in [0.25, 0.3) is 0 Å². The maximum Gasteiger partial charge on any atom is 0.161 e. The maximum atomic E-state index is 10.2. The first-order chi connectivity index (χ1) is 10.7. The van der Waals surface area contributed by atoms with Crippen LogP contribution in [0.4, 0.5) is 5.69 Å². The summed E-state index contributed by atoms with van der Waals surface area (Å²) < 4.78 is 5.53. The van der Waals surface area contributed by atoms with E-state index in [1.54, 1.807) is 6.08 Å². The summed E-state index contributed by atoms with van der Waals surface area (Å²) in [6.07, 6.45) is 2.40. The van der Waals surface area contributed by atoms with Gasteiger partial charge in [-0.25, -0.2) is 0 Å². The van der Waals surface area contributed by atoms with E-state index in [1.165, 1.54) is 5.56 Å². The van der Waals surface area contributed by atoms with Crippen LogP contribution in [-0.4, -0.2) is 11.7 Å². The fourth-order valence-electron chi connectivity index (χ4n) is 2.38. The first-order valence-electron chi connectivity index (χ1n) is 7.53. The van der Waals surface area contributed by atoms with Gasteiger partial charge in [0.1, 0.15) is 0 Å². The molecule has 0 unspecified atom stereocenters. The van der Waals surface area contributed by atoms with Crippen LogP contribution in [0.15, 0.2) is 49.1 Å². The molecule has 116 valence electrons. The van der Waals surface area contributed by atoms with Crippen molar-refractivity contribution in [2.45, 2.75) is 26.8 Å². The lowest BCUT2D eigenvalue weighted by Gasteiger charge is -2.14. The Bertz CT molecular complexity index is 650. The number of hydrogen-bond acceptors (Lipinski definition) is 3. The Balaban J connectivity index is 2.22. The molecule has 0 heterocycles. The van der Waals surface area contributed by atoms with Crippen LogP contribution in [0, 0.1) is 6.92 Å². The summed E-state index contributed by atoms with van der Waals surface area (Å²) in [5.74, 6) is 0.741. The molecule has 0 amide bonds. The van der Waals surface area contributed by atoms with Gasteiger partial charge < -0.3 is 15.2 Å². The van der Waals surface area contributed by atoms with Crippen LogP contribution in [0.1, 0.15) is 23.6 Å². The second-order valence-electron chi connectivity index (χ2n) is 5.20. The average molecular weight is 297 g/mol. The molecule has 2 rings (SSSR count). The Morgan fingerprint density at radius 3 is 2.73 bits per heavy atom. The minimum Gasteiger partial charge on any atom is -0.504 e. The molecule has 3 heteroatoms. The van der Waals surface area contributed by atoms with Crippen molar-refractivity contribution >= 4 is 5.69 Å². The van der Waals surface area contributed by atoms with Crippen molar-refractivity contribution < 1.29 is 9.84 Å². The van der Waals surface area contributed by atoms with E-state index in [0.717, 1.165) is 16.8 Å². The summed E-state index contributed by atoms with van der Waals surface area (Å²) in [6, 6.07) is 12.1. The van der Waals surface area contributed by atoms with Crippen molar-refractivity contribution in [1.29, 1.82) is 0 Å². The first kappa shape index (κ1) is 16.0. The van der Waals surface area contributed by atoms with E-state index in [1.807, 2.05) is 31.2 Å². The van der Waals surface area contributed by atoms with Crippen LogP contribution < -0.4 is 10.1 Å². The van der Waals surface area contributed by atoms with Crippen LogP contribution >= 0.6 is 0 Å². The second-order valence-corrected chi connectivity index (χ2v) is 5.20. The van der Waals surface area contributed by atoms with Crippen molar-refractivity contribution in [2.75, 3.05) is 11.9 Å². The van der Waals surface area contributed by atoms with Crippen LogP contribution in [-0.2, 0) is 13.0 Å². The molecule has 0 saturated carbocycles. The van der Waals surface area contributed by atoms with Crippen molar-refractivity contribution in [3.05, 3.63) is 65.7 Å². The highest BCUT2D eigenvalue weighted by Crippen LogP contribution is 2.32. The largest absolute Gasteiger partial charge is 0.504 e. The highest BCUT2D eigenvalue weighted by atomic mass is 16.5. The Morgan fingerprint density at radius 1 is 1.27 bits per heavy atom. The maximum absolute atomic E-state index is 10.2. The molecule has 0 aliphatic rings. The number of para-hydroxylation sites is 1. The predicted molar refractivity (Wildman–Crippen MR) is 91.7 cm³/mol. The highest BCUT2D eigenvalue weighted by molar-refractivity contribution is 5.53. The SMILES string of the molecule is C=CCc1cc(CNc2ccccc2C)cc(OCC)c1O. The fourth-order valence-corrected chi connectivity index (χ4v) is 2.38. The molecule has 0 bridgehead atoms. The normalized spacial score (nSPS) is 10.3. The number of benzene rings is 2. The summed E-state index contributed by atoms with van der Waals surface area (Å²) in [5.41, 5.74) is 4.22. The quantitative estimate of drug-likeness (QED) is 0.742. The Morgan fingerprint density at radius 2 is 2.05 bits per heavy atom. The molecule has 0 aliphatic carbocycles. The van der Waals surface area contributed by atoms with Gasteiger partial charge in [0.15, 0.2) is 11.5 Å². The third-order valence-electron chi connectivity index (χ3n) is 3.51. The van der Waals surface area contributed by atoms with Gasteiger partial charge in [-0.15, -0.1) is 6.58 Å². The molecule has 0 atom stereocenters. The summed E-state index contributed by atoms with van der Waals surface area (Å²) in [7, 11) is 0. The summed E-state index contributed by atoms with van der Waals surface area (Å²) in [5, 5.41) is 13.6. The molecule has 2 aromatic carbocycles. The van der Waals surface area contributed by atoms with Crippen molar-refractivity contribution in [3.8, 4) is 11.5 Å². The van der Waals surface area contributed by atoms with E-state index in [-0.39, 0.29) is 5.75 Å². The second kappa shape index (κ2) is 7.55. The summed E-state index contributed by atoms with van der Waals surface area (Å²) >= 11 is 0. The van der Waals surface area contributed by atoms with Gasteiger partial charge in [0.2, 0.25) is 0 Å². The van der Waals surface area contributed by atoms with E-state index in [4.69, 9.17) is 4.74 Å². The number of hydrogen-bond donors (Lipinski definition) is 2. The molecular formula is C19H23NO2. The van der Waals surface area contributed by atoms with E-state index < -0.39 is 0 Å². The van der Waals surface area contributed by atoms with Gasteiger partial charge in [0.25, 0.3) is 0 Å². The molecule has 0 spiro atoms. The van der Waals surface area contributed by atoms with Crippen molar-refractivity contribution in [1.82, 2.24) is 0 Å². The summed E-state index contributed by atoms with van der Waals surface area (Å²) in [4.78, 5) is 0. The molecular weight excluding hydrogens is 274 g/mol. The molecule has 0 radical (unpaired) electrons. The number of nitrogens with one attached hydrogen (secondary N) is 1. The minimum atomic E-state index is 0.210. The zero-order valence-electron chi connectivity index (χ0n) is 13.2. The monoisotopic (exact) mass is 297 g/mol. The average Bonchev–Trinajstić information content (AvgIpc) is 2.51. The highest BCUT2D eigenvalue weighted by Gasteiger charge is 2.10. The number of ether oxygens (including phenoxy) is 1. The van der Waals surface area contributed by atoms with Gasteiger partial charge in [-0.1, -0.05) is 24.3 Å². The molecule has 0 aromatic heterocycles. The number of anilines is 1. The Hall–Kier alpha value is -2.42. The van der Waals surface area contributed by atoms with E-state index in [0.29, 0.717) is 25.3 Å². The van der Waals surface area contributed by atoms with Gasteiger partial charge >= 0.3 is 0 Å². The molecule has 0 saturated heterocycles. The third kappa shape index (κ3) is 3.82. The number of phenols is 1. The van der Waals surface area contributed by atoms with Gasteiger partial charge in [-0.3, -0.25) is 0 Å². The molecule has 3 nitrogen and oxygen atoms in total. The number of rotatable bonds is 7. The smallest absolute Gasteiger partial charge is 0.161 e. The van der Waals surface area contributed by atoms with Gasteiger partial charge in [-0.05, 0) is 49.6 Å². The van der Waals surface area contributed by atoms with Gasteiger partial charge in [0, 0.05) is 17.8 Å². The van der Waals surface area contributed by atoms with Crippen LogP contribution in [0.3, 0.4) is 0 Å². The predicted octanol–water partition coefficient (Wildman–Crippen LogP) is 4.44. The topological polar surface area (TPSA) is 41.5 Å². The van der Waals surface area contributed by atoms with Gasteiger partial charge in [-0.2, -0.15) is 0 Å². The number of allylic oxidation sites excluding steroid dienone is 1. The van der Waals surface area contributed by atoms with Gasteiger partial charge in [0.05, 0.1) is 6.61 Å². The van der Waals surface area contributed by atoms with E-state index in [9.17, 15) is 5.11 Å². The third-order valence-corrected chi connectivity index (χ3v) is 3.51. The Labute approximate surface area is 132 Å². The standard InChI is InChI=1S/C19H23NO2/c1-4-8-16-11-15(12-18(19(16)21)22-5-2)13-20-17-10-7-6-9-14(17)3/h4,6-7,9-12,20-21H,1,5,8,13H2,2-3H3. The molecule has 2 aromatic rings. The zero-order valence-corrected chi connectivity index (χ0v) is 13.2. The molecule has 0 aliphatic heterocycles. The summed E-state index contributed by atoms with van der Waals surface area (Å²) in [6.45, 7) is 8.92. The zero-order chi connectivity index (χ0) is 15.9. The van der Waals surface area contributed by atoms with Crippen LogP contribution in [0.5, 0.6) is 11.5 Å². The lowest BCUT2D eigenvalue weighted by Crippen LogP contribution is -2.03. The molecule has 2 N–H and O–H groups in total. The molecule has 0 fully saturated rings. The first-order valence-corrected chi connectivity index (χ1v) is 7.53. The van der Waals surface area contributed by atoms with Crippen LogP contribution in [0.2, 0.25) is 0 Å². The lowest BCUT2D eigenvalue weighted by atomic mass is 10.1. The van der Waals surface area contributed by atoms with E-state index >= 15 is 0 Å². The Kier molecular flexibility index (Phi) is 5.48. The fraction of sp³-hybridized carbons (Fsp3) is 0.263. The van der Waals surface area contributed by atoms with Crippen molar-refractivity contribution in [2.24, 2.45) is 0 Å². The van der Waals surface area contributed by atoms with E-state index in [2.05, 4.69) is 31.0 Å². The lowest BCUT2D eigenvalue weighted by molar-refractivity contribution is 0.316. The number of aryl methyl sites for hydroxylation is 1. The molecule has 22 heavy (non-hydrogen) atoms. The minimum absolute atomic E-state index is 0.210. The number of phenolic OH excluding ortho intramolecular Hbond substituents is 1. The number of aromatic hydroxyl groups is 1. The van der Waals surface area contributed by atoms with Crippen molar-refractivity contribution in [3.63, 3.8) is 0 Å².